The number of hydrogen-bond acceptors (Lipinski definition) is 3. The van der Waals surface area contributed by atoms with E-state index in [0.717, 1.165) is 5.70 Å². The van der Waals surface area contributed by atoms with Crippen LogP contribution in [0.5, 0.6) is 0 Å². The molecule has 0 radical (unpaired) electrons. The van der Waals surface area contributed by atoms with E-state index in [1.54, 1.807) is 0 Å². The summed E-state index contributed by atoms with van der Waals surface area (Å²) in [6.07, 6.45) is 2.21. The van der Waals surface area contributed by atoms with Gasteiger partial charge in [-0.3, -0.25) is 10.1 Å². The molecule has 0 saturated carbocycles. The maximum Gasteiger partial charge on any atom is 0.225 e. The summed E-state index contributed by atoms with van der Waals surface area (Å²) in [6.45, 7) is 4.11. The van der Waals surface area contributed by atoms with Gasteiger partial charge in [-0.05, 0) is 13.8 Å². The van der Waals surface area contributed by atoms with Gasteiger partial charge in [0.1, 0.15) is 0 Å². The first-order chi connectivity index (χ1) is 5.70. The van der Waals surface area contributed by atoms with Crippen LogP contribution >= 0.6 is 0 Å². The van der Waals surface area contributed by atoms with Gasteiger partial charge in [0.2, 0.25) is 5.91 Å². The summed E-state index contributed by atoms with van der Waals surface area (Å²) >= 11 is 0. The van der Waals surface area contributed by atoms with Crippen molar-refractivity contribution < 1.29 is 9.90 Å². The van der Waals surface area contributed by atoms with Crippen LogP contribution in [-0.2, 0) is 4.79 Å². The normalized spacial score (nSPS) is 11.4. The van der Waals surface area contributed by atoms with Crippen molar-refractivity contribution in [1.82, 2.24) is 10.6 Å². The average molecular weight is 172 g/mol. The van der Waals surface area contributed by atoms with Gasteiger partial charge in [-0.25, -0.2) is 0 Å². The van der Waals surface area contributed by atoms with E-state index < -0.39 is 0 Å². The molecule has 70 valence electrons. The second-order valence-corrected chi connectivity index (χ2v) is 2.43. The highest BCUT2D eigenvalue weighted by atomic mass is 16.3. The average Bonchev–Trinajstić information content (AvgIpc) is 2.05. The first kappa shape index (κ1) is 11.1. The molecule has 0 unspecified atom stereocenters. The predicted molar refractivity (Wildman–Crippen MR) is 47.3 cm³/mol. The fourth-order valence-corrected chi connectivity index (χ4v) is 0.636. The first-order valence-corrected chi connectivity index (χ1v) is 3.95. The second-order valence-electron chi connectivity index (χ2n) is 2.43. The fourth-order valence-electron chi connectivity index (χ4n) is 0.636. The summed E-state index contributed by atoms with van der Waals surface area (Å²) < 4.78 is 0. The molecule has 0 aliphatic carbocycles. The highest BCUT2D eigenvalue weighted by molar-refractivity contribution is 5.77. The number of allylic oxidation sites excluding steroid dienone is 2. The quantitative estimate of drug-likeness (QED) is 0.402. The van der Waals surface area contributed by atoms with Crippen LogP contribution in [0.25, 0.3) is 0 Å². The highest BCUT2D eigenvalue weighted by Crippen LogP contribution is 1.86. The SMILES string of the molecule is C/C=C(\C)NC(=O)CCNCO. The van der Waals surface area contributed by atoms with Crippen molar-refractivity contribution in [2.24, 2.45) is 0 Å². The van der Waals surface area contributed by atoms with Crippen LogP contribution < -0.4 is 10.6 Å². The first-order valence-electron chi connectivity index (χ1n) is 3.95. The minimum atomic E-state index is -0.0874. The third kappa shape index (κ3) is 5.88. The molecule has 1 amide bonds. The van der Waals surface area contributed by atoms with Crippen molar-refractivity contribution in [3.8, 4) is 0 Å². The molecule has 0 aromatic heterocycles. The summed E-state index contributed by atoms with van der Waals surface area (Å²) in [7, 11) is 0. The van der Waals surface area contributed by atoms with Crippen LogP contribution in [0.15, 0.2) is 11.8 Å². The summed E-state index contributed by atoms with van der Waals surface area (Å²) in [5.74, 6) is -0.0356. The van der Waals surface area contributed by atoms with Crippen molar-refractivity contribution >= 4 is 5.91 Å². The molecule has 12 heavy (non-hydrogen) atoms. The Morgan fingerprint density at radius 1 is 1.58 bits per heavy atom. The lowest BCUT2D eigenvalue weighted by Gasteiger charge is -2.04. The summed E-state index contributed by atoms with van der Waals surface area (Å²) in [6, 6.07) is 0. The Hall–Kier alpha value is -0.870. The van der Waals surface area contributed by atoms with Gasteiger partial charge in [-0.15, -0.1) is 0 Å². The zero-order valence-corrected chi connectivity index (χ0v) is 7.55. The fraction of sp³-hybridized carbons (Fsp3) is 0.625. The molecule has 4 heteroatoms. The van der Waals surface area contributed by atoms with Gasteiger partial charge in [0.15, 0.2) is 0 Å². The molecule has 4 nitrogen and oxygen atoms in total. The lowest BCUT2D eigenvalue weighted by atomic mass is 10.3. The zero-order chi connectivity index (χ0) is 9.40. The Morgan fingerprint density at radius 2 is 2.25 bits per heavy atom. The number of hydrogen-bond donors (Lipinski definition) is 3. The number of amides is 1. The van der Waals surface area contributed by atoms with Crippen LogP contribution in [0, 0.1) is 0 Å². The number of nitrogens with one attached hydrogen (secondary N) is 2. The molecule has 0 spiro atoms. The molecule has 0 atom stereocenters. The van der Waals surface area contributed by atoms with E-state index in [0.29, 0.717) is 13.0 Å². The molecule has 0 aromatic rings. The molecule has 0 aliphatic rings. The summed E-state index contributed by atoms with van der Waals surface area (Å²) in [5.41, 5.74) is 0.851. The van der Waals surface area contributed by atoms with E-state index in [2.05, 4.69) is 10.6 Å². The number of carbonyl (C=O) groups is 1. The van der Waals surface area contributed by atoms with Crippen LogP contribution in [0.2, 0.25) is 0 Å². The van der Waals surface area contributed by atoms with Crippen molar-refractivity contribution in [2.75, 3.05) is 13.3 Å². The van der Waals surface area contributed by atoms with Gasteiger partial charge in [-0.1, -0.05) is 6.08 Å². The summed E-state index contributed by atoms with van der Waals surface area (Å²) in [4.78, 5) is 11.0. The van der Waals surface area contributed by atoms with E-state index in [9.17, 15) is 4.79 Å². The maximum absolute atomic E-state index is 11.0. The van der Waals surface area contributed by atoms with Gasteiger partial charge in [-0.2, -0.15) is 0 Å². The topological polar surface area (TPSA) is 61.4 Å². The largest absolute Gasteiger partial charge is 0.381 e. The smallest absolute Gasteiger partial charge is 0.225 e. The van der Waals surface area contributed by atoms with E-state index in [4.69, 9.17) is 5.11 Å². The molecule has 0 bridgehead atoms. The van der Waals surface area contributed by atoms with Crippen LogP contribution in [-0.4, -0.2) is 24.3 Å². The highest BCUT2D eigenvalue weighted by Gasteiger charge is 1.98. The molecule has 0 aromatic carbocycles. The maximum atomic E-state index is 11.0. The van der Waals surface area contributed by atoms with E-state index in [-0.39, 0.29) is 12.6 Å². The van der Waals surface area contributed by atoms with Crippen LogP contribution in [0.4, 0.5) is 0 Å². The molecular weight excluding hydrogens is 156 g/mol. The molecule has 0 fully saturated rings. The van der Waals surface area contributed by atoms with E-state index >= 15 is 0 Å². The van der Waals surface area contributed by atoms with Gasteiger partial charge in [0.05, 0.1) is 6.73 Å². The lowest BCUT2D eigenvalue weighted by Crippen LogP contribution is -2.26. The van der Waals surface area contributed by atoms with Crippen molar-refractivity contribution in [3.63, 3.8) is 0 Å². The lowest BCUT2D eigenvalue weighted by molar-refractivity contribution is -0.120. The molecule has 3 N–H and O–H groups in total. The molecule has 0 heterocycles. The Kier molecular flexibility index (Phi) is 6.32. The van der Waals surface area contributed by atoms with E-state index in [1.165, 1.54) is 0 Å². The van der Waals surface area contributed by atoms with Crippen molar-refractivity contribution in [2.45, 2.75) is 20.3 Å². The Balaban J connectivity index is 3.47. The molecule has 0 aliphatic heterocycles. The van der Waals surface area contributed by atoms with E-state index in [1.807, 2.05) is 19.9 Å². The van der Waals surface area contributed by atoms with Gasteiger partial charge < -0.3 is 10.4 Å². The Labute approximate surface area is 72.7 Å². The number of aliphatic hydroxyl groups excluding tert-OH is 1. The molecule has 0 saturated heterocycles. The van der Waals surface area contributed by atoms with Gasteiger partial charge in [0, 0.05) is 18.7 Å². The Bertz CT molecular complexity index is 166. The van der Waals surface area contributed by atoms with Crippen molar-refractivity contribution in [3.05, 3.63) is 11.8 Å². The van der Waals surface area contributed by atoms with Gasteiger partial charge >= 0.3 is 0 Å². The van der Waals surface area contributed by atoms with Crippen molar-refractivity contribution in [1.29, 1.82) is 0 Å². The standard InChI is InChI=1S/C8H16N2O2/c1-3-7(2)10-8(12)4-5-9-6-11/h3,9,11H,4-6H2,1-2H3,(H,10,12)/b7-3+. The number of carbonyl (C=O) groups excluding carboxylic acids is 1. The van der Waals surface area contributed by atoms with Crippen LogP contribution in [0.3, 0.4) is 0 Å². The van der Waals surface area contributed by atoms with Crippen LogP contribution in [0.1, 0.15) is 20.3 Å². The monoisotopic (exact) mass is 172 g/mol. The number of aliphatic hydroxyl groups is 1. The van der Waals surface area contributed by atoms with Gasteiger partial charge in [0.25, 0.3) is 0 Å². The molecule has 0 rings (SSSR count). The summed E-state index contributed by atoms with van der Waals surface area (Å²) in [5, 5.41) is 13.7. The number of rotatable bonds is 5. The third-order valence-electron chi connectivity index (χ3n) is 1.41. The third-order valence-corrected chi connectivity index (χ3v) is 1.41. The molecular formula is C8H16N2O2. The Morgan fingerprint density at radius 3 is 2.75 bits per heavy atom. The zero-order valence-electron chi connectivity index (χ0n) is 7.55. The second kappa shape index (κ2) is 6.82. The minimum Gasteiger partial charge on any atom is -0.381 e. The minimum absolute atomic E-state index is 0.0356. The predicted octanol–water partition coefficient (Wildman–Crippen LogP) is -0.0442.